The van der Waals surface area contributed by atoms with Crippen LogP contribution in [0.3, 0.4) is 0 Å². The number of methoxy groups -OCH3 is 1. The molecule has 0 spiro atoms. The van der Waals surface area contributed by atoms with Crippen LogP contribution in [0.25, 0.3) is 0 Å². The highest BCUT2D eigenvalue weighted by Crippen LogP contribution is 2.28. The van der Waals surface area contributed by atoms with Gasteiger partial charge in [0.05, 0.1) is 17.1 Å². The average molecular weight is 446 g/mol. The Labute approximate surface area is 185 Å². The van der Waals surface area contributed by atoms with Crippen LogP contribution in [-0.2, 0) is 27.9 Å². The maximum absolute atomic E-state index is 13.1. The van der Waals surface area contributed by atoms with Crippen LogP contribution in [0.15, 0.2) is 47.4 Å². The summed E-state index contributed by atoms with van der Waals surface area (Å²) < 4.78 is 31.5. The Balaban J connectivity index is 1.85. The molecule has 0 atom stereocenters. The van der Waals surface area contributed by atoms with E-state index in [-0.39, 0.29) is 10.8 Å². The molecule has 0 bridgehead atoms. The van der Waals surface area contributed by atoms with Gasteiger partial charge in [-0.25, -0.2) is 12.7 Å². The van der Waals surface area contributed by atoms with Gasteiger partial charge in [0.1, 0.15) is 0 Å². The van der Waals surface area contributed by atoms with E-state index in [1.54, 1.807) is 19.2 Å². The molecule has 0 radical (unpaired) electrons. The maximum atomic E-state index is 13.1. The van der Waals surface area contributed by atoms with E-state index in [9.17, 15) is 13.2 Å². The van der Waals surface area contributed by atoms with Gasteiger partial charge in [-0.1, -0.05) is 24.3 Å². The molecule has 2 aromatic carbocycles. The van der Waals surface area contributed by atoms with Gasteiger partial charge in [0, 0.05) is 46.5 Å². The number of amides is 1. The number of piperidine rings is 1. The van der Waals surface area contributed by atoms with Gasteiger partial charge >= 0.3 is 0 Å². The number of ether oxygens (including phenoxy) is 1. The van der Waals surface area contributed by atoms with Gasteiger partial charge in [-0.05, 0) is 48.6 Å². The molecule has 1 fully saturated rings. The van der Waals surface area contributed by atoms with Crippen molar-refractivity contribution in [1.29, 1.82) is 0 Å². The van der Waals surface area contributed by atoms with E-state index in [1.807, 2.05) is 24.3 Å². The van der Waals surface area contributed by atoms with E-state index in [0.717, 1.165) is 47.1 Å². The topological polar surface area (TPSA) is 78.9 Å². The van der Waals surface area contributed by atoms with E-state index >= 15 is 0 Å². The van der Waals surface area contributed by atoms with Gasteiger partial charge in [-0.3, -0.25) is 4.79 Å². The molecule has 0 aliphatic carbocycles. The Bertz CT molecular complexity index is 998. The second-order valence-corrected chi connectivity index (χ2v) is 10.1. The molecule has 0 saturated carbocycles. The number of benzene rings is 2. The quantitative estimate of drug-likeness (QED) is 0.676. The summed E-state index contributed by atoms with van der Waals surface area (Å²) in [7, 11) is 0.991. The molecular formula is C23H31N3O4S. The smallest absolute Gasteiger partial charge is 0.253 e. The zero-order chi connectivity index (χ0) is 22.4. The number of sulfonamides is 1. The number of rotatable bonds is 8. The molecule has 1 heterocycles. The van der Waals surface area contributed by atoms with Crippen molar-refractivity contribution < 1.29 is 17.9 Å². The van der Waals surface area contributed by atoms with Crippen LogP contribution in [-0.4, -0.2) is 52.9 Å². The zero-order valence-electron chi connectivity index (χ0n) is 18.4. The first kappa shape index (κ1) is 23.2. The number of hydrogen-bond acceptors (Lipinski definition) is 5. The molecule has 31 heavy (non-hydrogen) atoms. The molecule has 1 N–H and O–H groups in total. The van der Waals surface area contributed by atoms with Crippen molar-refractivity contribution in [1.82, 2.24) is 9.62 Å². The molecule has 0 unspecified atom stereocenters. The van der Waals surface area contributed by atoms with Crippen LogP contribution in [0, 0.1) is 0 Å². The summed E-state index contributed by atoms with van der Waals surface area (Å²) in [5.74, 6) is -0.280. The summed E-state index contributed by atoms with van der Waals surface area (Å²) in [5.41, 5.74) is 3.20. The molecule has 7 nitrogen and oxygen atoms in total. The van der Waals surface area contributed by atoms with Crippen LogP contribution in [0.5, 0.6) is 0 Å². The van der Waals surface area contributed by atoms with Crippen LogP contribution < -0.4 is 10.2 Å². The van der Waals surface area contributed by atoms with E-state index in [0.29, 0.717) is 18.7 Å². The highest BCUT2D eigenvalue weighted by atomic mass is 32.2. The monoisotopic (exact) mass is 445 g/mol. The summed E-state index contributed by atoms with van der Waals surface area (Å²) in [6.07, 6.45) is 3.30. The van der Waals surface area contributed by atoms with E-state index in [4.69, 9.17) is 4.74 Å². The number of carbonyl (C=O) groups is 1. The van der Waals surface area contributed by atoms with Crippen molar-refractivity contribution in [2.45, 2.75) is 37.3 Å². The molecule has 8 heteroatoms. The van der Waals surface area contributed by atoms with Crippen LogP contribution in [0.1, 0.15) is 40.7 Å². The summed E-state index contributed by atoms with van der Waals surface area (Å²) in [6, 6.07) is 12.7. The minimum atomic E-state index is -3.63. The van der Waals surface area contributed by atoms with Crippen molar-refractivity contribution in [2.24, 2.45) is 0 Å². The third-order valence-corrected chi connectivity index (χ3v) is 7.29. The zero-order valence-corrected chi connectivity index (χ0v) is 19.2. The number of anilines is 1. The lowest BCUT2D eigenvalue weighted by Gasteiger charge is -2.30. The normalized spacial score (nSPS) is 14.6. The maximum Gasteiger partial charge on any atom is 0.253 e. The standard InChI is InChI=1S/C23H31N3O4S/c1-25(2)31(28,29)20-11-12-22(26-13-5-4-6-14-26)21(15-20)23(27)24-16-18-7-9-19(10-8-18)17-30-3/h7-12,15H,4-6,13-14,16-17H2,1-3H3,(H,24,27). The minimum absolute atomic E-state index is 0.118. The third kappa shape index (κ3) is 5.64. The van der Waals surface area contributed by atoms with Crippen molar-refractivity contribution in [3.63, 3.8) is 0 Å². The predicted octanol–water partition coefficient (Wildman–Crippen LogP) is 3.00. The van der Waals surface area contributed by atoms with E-state index in [1.165, 1.54) is 26.6 Å². The van der Waals surface area contributed by atoms with Crippen molar-refractivity contribution in [3.8, 4) is 0 Å². The summed E-state index contributed by atoms with van der Waals surface area (Å²) >= 11 is 0. The van der Waals surface area contributed by atoms with Gasteiger partial charge in [0.25, 0.3) is 5.91 Å². The average Bonchev–Trinajstić information content (AvgIpc) is 2.78. The second-order valence-electron chi connectivity index (χ2n) is 7.95. The van der Waals surface area contributed by atoms with Gasteiger partial charge in [0.15, 0.2) is 0 Å². The highest BCUT2D eigenvalue weighted by molar-refractivity contribution is 7.89. The fourth-order valence-electron chi connectivity index (χ4n) is 3.68. The lowest BCUT2D eigenvalue weighted by atomic mass is 10.1. The molecule has 1 amide bonds. The van der Waals surface area contributed by atoms with E-state index in [2.05, 4.69) is 10.2 Å². The van der Waals surface area contributed by atoms with Gasteiger partial charge in [-0.2, -0.15) is 0 Å². The Hall–Kier alpha value is -2.42. The largest absolute Gasteiger partial charge is 0.380 e. The van der Waals surface area contributed by atoms with Gasteiger partial charge < -0.3 is 15.0 Å². The fourth-order valence-corrected chi connectivity index (χ4v) is 4.60. The molecule has 1 saturated heterocycles. The SMILES string of the molecule is COCc1ccc(CNC(=O)c2cc(S(=O)(=O)N(C)C)ccc2N2CCCCC2)cc1. The molecule has 3 rings (SSSR count). The molecule has 1 aliphatic heterocycles. The summed E-state index contributed by atoms with van der Waals surface area (Å²) in [5, 5.41) is 2.95. The lowest BCUT2D eigenvalue weighted by Crippen LogP contribution is -2.33. The van der Waals surface area contributed by atoms with Crippen molar-refractivity contribution in [3.05, 3.63) is 59.2 Å². The molecule has 0 aromatic heterocycles. The van der Waals surface area contributed by atoms with E-state index < -0.39 is 10.0 Å². The predicted molar refractivity (Wildman–Crippen MR) is 122 cm³/mol. The Morgan fingerprint density at radius 1 is 1.03 bits per heavy atom. The van der Waals surface area contributed by atoms with Crippen LogP contribution >= 0.6 is 0 Å². The Morgan fingerprint density at radius 2 is 1.68 bits per heavy atom. The Morgan fingerprint density at radius 3 is 2.29 bits per heavy atom. The lowest BCUT2D eigenvalue weighted by molar-refractivity contribution is 0.0951. The minimum Gasteiger partial charge on any atom is -0.380 e. The fraction of sp³-hybridized carbons (Fsp3) is 0.435. The second kappa shape index (κ2) is 10.3. The van der Waals surface area contributed by atoms with Crippen LogP contribution in [0.2, 0.25) is 0 Å². The van der Waals surface area contributed by atoms with Gasteiger partial charge in [-0.15, -0.1) is 0 Å². The van der Waals surface area contributed by atoms with Crippen molar-refractivity contribution >= 4 is 21.6 Å². The van der Waals surface area contributed by atoms with Gasteiger partial charge in [0.2, 0.25) is 10.0 Å². The first-order valence-corrected chi connectivity index (χ1v) is 11.9. The van der Waals surface area contributed by atoms with Crippen LogP contribution in [0.4, 0.5) is 5.69 Å². The number of nitrogens with one attached hydrogen (secondary N) is 1. The number of nitrogens with zero attached hydrogens (tertiary/aromatic N) is 2. The number of carbonyl (C=O) groups excluding carboxylic acids is 1. The third-order valence-electron chi connectivity index (χ3n) is 5.48. The molecule has 168 valence electrons. The first-order chi connectivity index (χ1) is 14.8. The number of hydrogen-bond donors (Lipinski definition) is 1. The highest BCUT2D eigenvalue weighted by Gasteiger charge is 2.24. The molecule has 2 aromatic rings. The Kier molecular flexibility index (Phi) is 7.69. The van der Waals surface area contributed by atoms with Crippen molar-refractivity contribution in [2.75, 3.05) is 39.2 Å². The molecular weight excluding hydrogens is 414 g/mol. The summed E-state index contributed by atoms with van der Waals surface area (Å²) in [6.45, 7) is 2.62. The molecule has 1 aliphatic rings. The first-order valence-electron chi connectivity index (χ1n) is 10.5. The summed E-state index contributed by atoms with van der Waals surface area (Å²) in [4.78, 5) is 15.4.